The van der Waals surface area contributed by atoms with Crippen LogP contribution in [0.5, 0.6) is 0 Å². The molecule has 0 bridgehead atoms. The SMILES string of the molecule is CC(=O)Nc1ccc(C=CCC#N)cc1. The number of anilines is 1. The van der Waals surface area contributed by atoms with E-state index < -0.39 is 0 Å². The molecule has 0 aromatic heterocycles. The molecule has 0 atom stereocenters. The molecule has 15 heavy (non-hydrogen) atoms. The summed E-state index contributed by atoms with van der Waals surface area (Å²) in [5.41, 5.74) is 1.79. The lowest BCUT2D eigenvalue weighted by Gasteiger charge is -2.01. The molecule has 0 aliphatic rings. The number of hydrogen-bond donors (Lipinski definition) is 1. The molecule has 3 nitrogen and oxygen atoms in total. The predicted octanol–water partition coefficient (Wildman–Crippen LogP) is 2.57. The number of allylic oxidation sites excluding steroid dienone is 1. The van der Waals surface area contributed by atoms with Gasteiger partial charge in [0.1, 0.15) is 0 Å². The maximum absolute atomic E-state index is 10.7. The van der Waals surface area contributed by atoms with Crippen molar-refractivity contribution in [2.75, 3.05) is 5.32 Å². The summed E-state index contributed by atoms with van der Waals surface area (Å²) in [6.07, 6.45) is 4.08. The van der Waals surface area contributed by atoms with Gasteiger partial charge in [-0.3, -0.25) is 4.79 Å². The van der Waals surface area contributed by atoms with Crippen LogP contribution >= 0.6 is 0 Å². The number of hydrogen-bond acceptors (Lipinski definition) is 2. The Bertz CT molecular complexity index is 399. The van der Waals surface area contributed by atoms with Gasteiger partial charge < -0.3 is 5.32 Å². The largest absolute Gasteiger partial charge is 0.326 e. The van der Waals surface area contributed by atoms with E-state index in [1.807, 2.05) is 36.4 Å². The predicted molar refractivity (Wildman–Crippen MR) is 60.0 cm³/mol. The van der Waals surface area contributed by atoms with Crippen molar-refractivity contribution in [3.8, 4) is 6.07 Å². The Morgan fingerprint density at radius 2 is 2.13 bits per heavy atom. The molecular weight excluding hydrogens is 188 g/mol. The fourth-order valence-corrected chi connectivity index (χ4v) is 1.13. The van der Waals surface area contributed by atoms with E-state index in [2.05, 4.69) is 5.32 Å². The van der Waals surface area contributed by atoms with Crippen molar-refractivity contribution in [3.05, 3.63) is 35.9 Å². The molecule has 0 radical (unpaired) electrons. The highest BCUT2D eigenvalue weighted by Gasteiger charge is 1.93. The summed E-state index contributed by atoms with van der Waals surface area (Å²) in [7, 11) is 0. The minimum atomic E-state index is -0.0808. The van der Waals surface area contributed by atoms with Crippen molar-refractivity contribution in [2.45, 2.75) is 13.3 Å². The molecule has 0 aliphatic heterocycles. The molecule has 0 spiro atoms. The van der Waals surface area contributed by atoms with Gasteiger partial charge in [-0.05, 0) is 17.7 Å². The van der Waals surface area contributed by atoms with Gasteiger partial charge in [0.05, 0.1) is 12.5 Å². The Labute approximate surface area is 89.0 Å². The molecule has 0 unspecified atom stereocenters. The van der Waals surface area contributed by atoms with Gasteiger partial charge in [0, 0.05) is 12.6 Å². The van der Waals surface area contributed by atoms with Crippen LogP contribution in [-0.4, -0.2) is 5.91 Å². The molecular formula is C12H12N2O. The van der Waals surface area contributed by atoms with Gasteiger partial charge >= 0.3 is 0 Å². The van der Waals surface area contributed by atoms with E-state index in [9.17, 15) is 4.79 Å². The van der Waals surface area contributed by atoms with E-state index in [1.54, 1.807) is 6.08 Å². The van der Waals surface area contributed by atoms with Crippen LogP contribution in [0.15, 0.2) is 30.3 Å². The molecule has 0 fully saturated rings. The lowest BCUT2D eigenvalue weighted by Crippen LogP contribution is -2.05. The number of nitrogens with zero attached hydrogens (tertiary/aromatic N) is 1. The van der Waals surface area contributed by atoms with Crippen molar-refractivity contribution >= 4 is 17.7 Å². The molecule has 1 rings (SSSR count). The lowest BCUT2D eigenvalue weighted by atomic mass is 10.2. The Morgan fingerprint density at radius 1 is 1.47 bits per heavy atom. The van der Waals surface area contributed by atoms with Crippen LogP contribution in [0.4, 0.5) is 5.69 Å². The van der Waals surface area contributed by atoms with E-state index in [0.29, 0.717) is 6.42 Å². The molecule has 1 amide bonds. The van der Waals surface area contributed by atoms with E-state index in [4.69, 9.17) is 5.26 Å². The third-order valence-electron chi connectivity index (χ3n) is 1.75. The van der Waals surface area contributed by atoms with E-state index in [0.717, 1.165) is 11.3 Å². The summed E-state index contributed by atoms with van der Waals surface area (Å²) in [6.45, 7) is 1.47. The summed E-state index contributed by atoms with van der Waals surface area (Å²) >= 11 is 0. The second-order valence-corrected chi connectivity index (χ2v) is 3.07. The summed E-state index contributed by atoms with van der Waals surface area (Å²) in [6, 6.07) is 9.46. The van der Waals surface area contributed by atoms with Gasteiger partial charge in [0.2, 0.25) is 5.91 Å². The summed E-state index contributed by atoms with van der Waals surface area (Å²) < 4.78 is 0. The monoisotopic (exact) mass is 200 g/mol. The average molecular weight is 200 g/mol. The van der Waals surface area contributed by atoms with Crippen LogP contribution in [0, 0.1) is 11.3 Å². The topological polar surface area (TPSA) is 52.9 Å². The second-order valence-electron chi connectivity index (χ2n) is 3.07. The van der Waals surface area contributed by atoms with Gasteiger partial charge in [-0.1, -0.05) is 24.3 Å². The minimum Gasteiger partial charge on any atom is -0.326 e. The van der Waals surface area contributed by atoms with Crippen LogP contribution in [-0.2, 0) is 4.79 Å². The van der Waals surface area contributed by atoms with Crippen LogP contribution < -0.4 is 5.32 Å². The first-order chi connectivity index (χ1) is 7.22. The third kappa shape index (κ3) is 4.10. The fourth-order valence-electron chi connectivity index (χ4n) is 1.13. The molecule has 1 N–H and O–H groups in total. The van der Waals surface area contributed by atoms with Crippen molar-refractivity contribution in [3.63, 3.8) is 0 Å². The van der Waals surface area contributed by atoms with Crippen LogP contribution in [0.1, 0.15) is 18.9 Å². The zero-order valence-electron chi connectivity index (χ0n) is 8.53. The van der Waals surface area contributed by atoms with Gasteiger partial charge in [-0.25, -0.2) is 0 Å². The van der Waals surface area contributed by atoms with Crippen LogP contribution in [0.2, 0.25) is 0 Å². The van der Waals surface area contributed by atoms with Crippen LogP contribution in [0.25, 0.3) is 6.08 Å². The average Bonchev–Trinajstić information content (AvgIpc) is 2.20. The maximum atomic E-state index is 10.7. The quantitative estimate of drug-likeness (QED) is 0.815. The summed E-state index contributed by atoms with van der Waals surface area (Å²) in [4.78, 5) is 10.7. The Kier molecular flexibility index (Phi) is 4.11. The van der Waals surface area contributed by atoms with Crippen molar-refractivity contribution < 1.29 is 4.79 Å². The third-order valence-corrected chi connectivity index (χ3v) is 1.75. The number of carbonyl (C=O) groups excluding carboxylic acids is 1. The molecule has 0 heterocycles. The molecule has 0 saturated carbocycles. The first kappa shape index (κ1) is 11.0. The Balaban J connectivity index is 2.64. The first-order valence-corrected chi connectivity index (χ1v) is 4.63. The van der Waals surface area contributed by atoms with Gasteiger partial charge in [0.25, 0.3) is 0 Å². The number of amides is 1. The minimum absolute atomic E-state index is 0.0808. The Morgan fingerprint density at radius 3 is 2.67 bits per heavy atom. The van der Waals surface area contributed by atoms with Gasteiger partial charge in [0.15, 0.2) is 0 Å². The van der Waals surface area contributed by atoms with Gasteiger partial charge in [-0.2, -0.15) is 5.26 Å². The zero-order valence-corrected chi connectivity index (χ0v) is 8.53. The molecule has 0 aliphatic carbocycles. The van der Waals surface area contributed by atoms with Crippen molar-refractivity contribution in [2.24, 2.45) is 0 Å². The summed E-state index contributed by atoms with van der Waals surface area (Å²) in [5, 5.41) is 11.0. The van der Waals surface area contributed by atoms with Crippen molar-refractivity contribution in [1.29, 1.82) is 5.26 Å². The molecule has 3 heteroatoms. The normalized spacial score (nSPS) is 9.87. The number of carbonyl (C=O) groups is 1. The maximum Gasteiger partial charge on any atom is 0.221 e. The van der Waals surface area contributed by atoms with E-state index >= 15 is 0 Å². The van der Waals surface area contributed by atoms with Crippen LogP contribution in [0.3, 0.4) is 0 Å². The molecule has 0 saturated heterocycles. The lowest BCUT2D eigenvalue weighted by molar-refractivity contribution is -0.114. The zero-order chi connectivity index (χ0) is 11.1. The fraction of sp³-hybridized carbons (Fsp3) is 0.167. The molecule has 1 aromatic carbocycles. The number of rotatable bonds is 3. The standard InChI is InChI=1S/C12H12N2O/c1-10(15)14-12-7-5-11(6-8-12)4-2-3-9-13/h2,4-8H,3H2,1H3,(H,14,15). The number of nitrogens with one attached hydrogen (secondary N) is 1. The number of benzene rings is 1. The van der Waals surface area contributed by atoms with Gasteiger partial charge in [-0.15, -0.1) is 0 Å². The first-order valence-electron chi connectivity index (χ1n) is 4.63. The highest BCUT2D eigenvalue weighted by atomic mass is 16.1. The second kappa shape index (κ2) is 5.61. The number of nitriles is 1. The highest BCUT2D eigenvalue weighted by molar-refractivity contribution is 5.88. The highest BCUT2D eigenvalue weighted by Crippen LogP contribution is 2.10. The van der Waals surface area contributed by atoms with E-state index in [-0.39, 0.29) is 5.91 Å². The Hall–Kier alpha value is -2.08. The van der Waals surface area contributed by atoms with Crippen molar-refractivity contribution in [1.82, 2.24) is 0 Å². The van der Waals surface area contributed by atoms with E-state index in [1.165, 1.54) is 6.92 Å². The summed E-state index contributed by atoms with van der Waals surface area (Å²) in [5.74, 6) is -0.0808. The smallest absolute Gasteiger partial charge is 0.221 e. The molecule has 1 aromatic rings. The molecule has 76 valence electrons.